The maximum atomic E-state index is 8.80. The Balaban J connectivity index is 2.38. The summed E-state index contributed by atoms with van der Waals surface area (Å²) in [5, 5.41) is 8.80. The van der Waals surface area contributed by atoms with E-state index in [4.69, 9.17) is 5.26 Å². The molecule has 1 aliphatic rings. The molecule has 0 atom stereocenters. The van der Waals surface area contributed by atoms with Gasteiger partial charge in [-0.2, -0.15) is 5.26 Å². The fourth-order valence-electron chi connectivity index (χ4n) is 2.11. The highest BCUT2D eigenvalue weighted by Gasteiger charge is 2.46. The van der Waals surface area contributed by atoms with Gasteiger partial charge in [0.1, 0.15) is 6.07 Å². The van der Waals surface area contributed by atoms with E-state index >= 15 is 0 Å². The van der Waals surface area contributed by atoms with Crippen LogP contribution in [0.2, 0.25) is 0 Å². The molecular weight excluding hydrogens is 172 g/mol. The van der Waals surface area contributed by atoms with E-state index in [0.717, 1.165) is 0 Å². The number of hydrogen-bond acceptors (Lipinski definition) is 2. The van der Waals surface area contributed by atoms with Crippen LogP contribution in [0.4, 0.5) is 0 Å². The third-order valence-electron chi connectivity index (χ3n) is 3.34. The van der Waals surface area contributed by atoms with Crippen LogP contribution in [0.25, 0.3) is 0 Å². The lowest BCUT2D eigenvalue weighted by Gasteiger charge is -2.19. The summed E-state index contributed by atoms with van der Waals surface area (Å²) < 4.78 is 0. The molecule has 1 saturated carbocycles. The number of nitriles is 1. The molecule has 0 N–H and O–H groups in total. The summed E-state index contributed by atoms with van der Waals surface area (Å²) in [5.41, 5.74) is 2.24. The van der Waals surface area contributed by atoms with Gasteiger partial charge in [-0.15, -0.1) is 0 Å². The molecule has 0 unspecified atom stereocenters. The van der Waals surface area contributed by atoms with Crippen molar-refractivity contribution in [3.8, 4) is 6.07 Å². The summed E-state index contributed by atoms with van der Waals surface area (Å²) in [6.07, 6.45) is 6.01. The van der Waals surface area contributed by atoms with Crippen molar-refractivity contribution in [3.63, 3.8) is 0 Å². The zero-order chi connectivity index (χ0) is 10.2. The zero-order valence-corrected chi connectivity index (χ0v) is 8.62. The molecule has 1 aliphatic carbocycles. The van der Waals surface area contributed by atoms with Gasteiger partial charge in [0, 0.05) is 12.4 Å². The summed E-state index contributed by atoms with van der Waals surface area (Å²) in [5.74, 6) is 0.637. The van der Waals surface area contributed by atoms with Crippen molar-refractivity contribution in [1.82, 2.24) is 4.98 Å². The summed E-state index contributed by atoms with van der Waals surface area (Å²) in [7, 11) is 0. The van der Waals surface area contributed by atoms with Gasteiger partial charge in [-0.1, -0.05) is 13.8 Å². The van der Waals surface area contributed by atoms with Gasteiger partial charge >= 0.3 is 0 Å². The molecule has 2 nitrogen and oxygen atoms in total. The molecule has 14 heavy (non-hydrogen) atoms. The summed E-state index contributed by atoms with van der Waals surface area (Å²) in [6.45, 7) is 4.48. The molecule has 0 saturated heterocycles. The zero-order valence-electron chi connectivity index (χ0n) is 8.62. The van der Waals surface area contributed by atoms with Crippen LogP contribution >= 0.6 is 0 Å². The van der Waals surface area contributed by atoms with Crippen LogP contribution in [0.5, 0.6) is 0 Å². The number of nitrogens with zero attached hydrogens (tertiary/aromatic N) is 2. The highest BCUT2D eigenvalue weighted by atomic mass is 14.6. The Morgan fingerprint density at radius 1 is 1.43 bits per heavy atom. The molecule has 0 bridgehead atoms. The molecule has 1 aromatic heterocycles. The smallest absolute Gasteiger partial charge is 0.101 e. The molecule has 1 aromatic rings. The largest absolute Gasteiger partial charge is 0.263 e. The SMILES string of the molecule is CC(C)C1(c2cncc(C#N)c2)CC1. The summed E-state index contributed by atoms with van der Waals surface area (Å²) in [6, 6.07) is 4.13. The van der Waals surface area contributed by atoms with E-state index in [1.54, 1.807) is 6.20 Å². The molecule has 0 aromatic carbocycles. The second-order valence-corrected chi connectivity index (χ2v) is 4.38. The van der Waals surface area contributed by atoms with E-state index in [1.807, 2.05) is 12.3 Å². The standard InChI is InChI=1S/C12H14N2/c1-9(2)12(3-4-12)11-5-10(6-13)7-14-8-11/h5,7-9H,3-4H2,1-2H3. The fourth-order valence-corrected chi connectivity index (χ4v) is 2.11. The lowest BCUT2D eigenvalue weighted by Crippen LogP contribution is -2.14. The van der Waals surface area contributed by atoms with E-state index in [2.05, 4.69) is 24.9 Å². The highest BCUT2D eigenvalue weighted by Crippen LogP contribution is 2.53. The maximum Gasteiger partial charge on any atom is 0.101 e. The van der Waals surface area contributed by atoms with Crippen LogP contribution in [0, 0.1) is 17.2 Å². The molecule has 0 spiro atoms. The topological polar surface area (TPSA) is 36.7 Å². The second kappa shape index (κ2) is 3.09. The van der Waals surface area contributed by atoms with Crippen molar-refractivity contribution < 1.29 is 0 Å². The minimum atomic E-state index is 0.319. The first-order chi connectivity index (χ1) is 6.69. The molecule has 0 aliphatic heterocycles. The third kappa shape index (κ3) is 1.29. The number of pyridine rings is 1. The van der Waals surface area contributed by atoms with Crippen molar-refractivity contribution in [2.24, 2.45) is 5.92 Å². The van der Waals surface area contributed by atoms with Gasteiger partial charge in [0.05, 0.1) is 5.56 Å². The van der Waals surface area contributed by atoms with Gasteiger partial charge in [0.2, 0.25) is 0 Å². The average molecular weight is 186 g/mol. The van der Waals surface area contributed by atoms with Gasteiger partial charge in [-0.3, -0.25) is 4.98 Å². The molecule has 0 radical (unpaired) electrons. The Kier molecular flexibility index (Phi) is 2.03. The molecule has 72 valence electrons. The van der Waals surface area contributed by atoms with E-state index in [1.165, 1.54) is 18.4 Å². The van der Waals surface area contributed by atoms with Gasteiger partial charge in [-0.05, 0) is 35.8 Å². The Hall–Kier alpha value is -1.36. The lowest BCUT2D eigenvalue weighted by atomic mass is 9.85. The number of aromatic nitrogens is 1. The van der Waals surface area contributed by atoms with Crippen molar-refractivity contribution in [1.29, 1.82) is 5.26 Å². The second-order valence-electron chi connectivity index (χ2n) is 4.38. The molecular formula is C12H14N2. The van der Waals surface area contributed by atoms with Gasteiger partial charge in [-0.25, -0.2) is 0 Å². The van der Waals surface area contributed by atoms with Crippen molar-refractivity contribution >= 4 is 0 Å². The quantitative estimate of drug-likeness (QED) is 0.712. The van der Waals surface area contributed by atoms with Crippen molar-refractivity contribution in [2.75, 3.05) is 0 Å². The predicted octanol–water partition coefficient (Wildman–Crippen LogP) is 2.64. The van der Waals surface area contributed by atoms with Crippen LogP contribution in [0.3, 0.4) is 0 Å². The van der Waals surface area contributed by atoms with Gasteiger partial charge in [0.25, 0.3) is 0 Å². The first-order valence-corrected chi connectivity index (χ1v) is 5.05. The average Bonchev–Trinajstić information content (AvgIpc) is 2.98. The lowest BCUT2D eigenvalue weighted by molar-refractivity contribution is 0.480. The van der Waals surface area contributed by atoms with Crippen molar-refractivity contribution in [2.45, 2.75) is 32.1 Å². The van der Waals surface area contributed by atoms with Crippen LogP contribution in [0.15, 0.2) is 18.5 Å². The van der Waals surface area contributed by atoms with E-state index in [-0.39, 0.29) is 0 Å². The monoisotopic (exact) mass is 186 g/mol. The van der Waals surface area contributed by atoms with Crippen LogP contribution in [-0.2, 0) is 5.41 Å². The summed E-state index contributed by atoms with van der Waals surface area (Å²) in [4.78, 5) is 4.12. The molecule has 1 fully saturated rings. The van der Waals surface area contributed by atoms with Gasteiger partial charge < -0.3 is 0 Å². The predicted molar refractivity (Wildman–Crippen MR) is 54.7 cm³/mol. The maximum absolute atomic E-state index is 8.80. The molecule has 0 amide bonds. The van der Waals surface area contributed by atoms with Crippen LogP contribution in [0.1, 0.15) is 37.8 Å². The van der Waals surface area contributed by atoms with Crippen LogP contribution in [-0.4, -0.2) is 4.98 Å². The molecule has 1 heterocycles. The minimum Gasteiger partial charge on any atom is -0.263 e. The minimum absolute atomic E-state index is 0.319. The Morgan fingerprint density at radius 2 is 2.14 bits per heavy atom. The van der Waals surface area contributed by atoms with E-state index < -0.39 is 0 Å². The van der Waals surface area contributed by atoms with E-state index in [9.17, 15) is 0 Å². The third-order valence-corrected chi connectivity index (χ3v) is 3.34. The Bertz CT molecular complexity index is 384. The molecule has 2 heteroatoms. The Morgan fingerprint density at radius 3 is 2.64 bits per heavy atom. The highest BCUT2D eigenvalue weighted by molar-refractivity contribution is 5.36. The first-order valence-electron chi connectivity index (χ1n) is 5.05. The molecule has 2 rings (SSSR count). The van der Waals surface area contributed by atoms with Crippen molar-refractivity contribution in [3.05, 3.63) is 29.6 Å². The normalized spacial score (nSPS) is 17.9. The number of rotatable bonds is 2. The fraction of sp³-hybridized carbons (Fsp3) is 0.500. The van der Waals surface area contributed by atoms with Gasteiger partial charge in [0.15, 0.2) is 0 Å². The first kappa shape index (κ1) is 9.21. The summed E-state index contributed by atoms with van der Waals surface area (Å²) >= 11 is 0. The number of hydrogen-bond donors (Lipinski definition) is 0. The Labute approximate surface area is 84.6 Å². The van der Waals surface area contributed by atoms with Crippen LogP contribution < -0.4 is 0 Å². The van der Waals surface area contributed by atoms with E-state index in [0.29, 0.717) is 16.9 Å².